The zero-order valence-electron chi connectivity index (χ0n) is 15.9. The Morgan fingerprint density at radius 2 is 1.68 bits per heavy atom. The normalized spacial score (nSPS) is 13.8. The van der Waals surface area contributed by atoms with Crippen LogP contribution in [0.2, 0.25) is 0 Å². The van der Waals surface area contributed by atoms with Crippen molar-refractivity contribution in [3.8, 4) is 23.5 Å². The van der Waals surface area contributed by atoms with Crippen LogP contribution in [-0.2, 0) is 9.53 Å². The number of carbonyl (C=O) groups is 2. The third-order valence-corrected chi connectivity index (χ3v) is 5.19. The summed E-state index contributed by atoms with van der Waals surface area (Å²) < 4.78 is 5.43. The quantitative estimate of drug-likeness (QED) is 0.746. The van der Waals surface area contributed by atoms with Gasteiger partial charge in [0.05, 0.1) is 0 Å². The molecule has 0 bridgehead atoms. The molecule has 2 aromatic rings. The van der Waals surface area contributed by atoms with Crippen LogP contribution in [0, 0.1) is 17.8 Å². The first-order valence-electron chi connectivity index (χ1n) is 9.13. The van der Waals surface area contributed by atoms with E-state index in [1.165, 1.54) is 0 Å². The largest absolute Gasteiger partial charge is 0.480 e. The van der Waals surface area contributed by atoms with E-state index in [2.05, 4.69) is 23.4 Å². The molecule has 0 unspecified atom stereocenters. The van der Waals surface area contributed by atoms with Gasteiger partial charge in [-0.25, -0.2) is 9.59 Å². The number of nitrogens with one attached hydrogen (secondary N) is 1. The van der Waals surface area contributed by atoms with Gasteiger partial charge in [-0.2, -0.15) is 0 Å². The van der Waals surface area contributed by atoms with Crippen molar-refractivity contribution in [2.75, 3.05) is 6.61 Å². The molecule has 144 valence electrons. The van der Waals surface area contributed by atoms with Crippen molar-refractivity contribution in [2.45, 2.75) is 32.2 Å². The van der Waals surface area contributed by atoms with Crippen LogP contribution in [0.3, 0.4) is 0 Å². The van der Waals surface area contributed by atoms with Gasteiger partial charge in [-0.3, -0.25) is 0 Å². The van der Waals surface area contributed by atoms with Crippen LogP contribution in [0.5, 0.6) is 0 Å². The molecule has 0 heterocycles. The first-order valence-corrected chi connectivity index (χ1v) is 9.13. The summed E-state index contributed by atoms with van der Waals surface area (Å²) in [5.74, 6) is 1.23. The average molecular weight is 377 g/mol. The molecule has 0 fully saturated rings. The summed E-state index contributed by atoms with van der Waals surface area (Å²) in [7, 11) is 0. The summed E-state index contributed by atoms with van der Waals surface area (Å²) in [5.41, 5.74) is 3.65. The van der Waals surface area contributed by atoms with E-state index in [1.807, 2.05) is 36.4 Å². The number of rotatable bonds is 6. The van der Waals surface area contributed by atoms with Crippen LogP contribution >= 0.6 is 0 Å². The summed E-state index contributed by atoms with van der Waals surface area (Å²) in [6, 6.07) is 14.9. The highest BCUT2D eigenvalue weighted by atomic mass is 16.5. The molecular weight excluding hydrogens is 354 g/mol. The number of carboxylic acid groups (broad SMARTS) is 1. The minimum atomic E-state index is -1.14. The Bertz CT molecular complexity index is 896. The summed E-state index contributed by atoms with van der Waals surface area (Å²) in [6.45, 7) is 3.53. The summed E-state index contributed by atoms with van der Waals surface area (Å²) in [4.78, 5) is 23.9. The Balaban J connectivity index is 1.73. The number of amides is 1. The van der Waals surface area contributed by atoms with Gasteiger partial charge >= 0.3 is 12.1 Å². The molecule has 5 nitrogen and oxygen atoms in total. The van der Waals surface area contributed by atoms with Crippen molar-refractivity contribution >= 4 is 12.1 Å². The first-order chi connectivity index (χ1) is 13.3. The molecule has 0 radical (unpaired) electrons. The van der Waals surface area contributed by atoms with E-state index in [0.29, 0.717) is 0 Å². The van der Waals surface area contributed by atoms with Gasteiger partial charge in [0.15, 0.2) is 0 Å². The minimum Gasteiger partial charge on any atom is -0.480 e. The Morgan fingerprint density at radius 1 is 1.14 bits per heavy atom. The fourth-order valence-electron chi connectivity index (χ4n) is 3.71. The highest BCUT2D eigenvalue weighted by Crippen LogP contribution is 2.44. The topological polar surface area (TPSA) is 75.6 Å². The number of ether oxygens (including phenoxy) is 1. The molecular formula is C23H23NO4. The van der Waals surface area contributed by atoms with Crippen LogP contribution in [0.15, 0.2) is 48.5 Å². The van der Waals surface area contributed by atoms with Crippen molar-refractivity contribution in [3.05, 3.63) is 59.7 Å². The summed E-state index contributed by atoms with van der Waals surface area (Å²) in [5, 5.41) is 11.9. The van der Waals surface area contributed by atoms with E-state index in [-0.39, 0.29) is 18.9 Å². The van der Waals surface area contributed by atoms with E-state index in [1.54, 1.807) is 13.8 Å². The maximum Gasteiger partial charge on any atom is 0.407 e. The van der Waals surface area contributed by atoms with Gasteiger partial charge in [0, 0.05) is 17.8 Å². The van der Waals surface area contributed by atoms with Crippen molar-refractivity contribution < 1.29 is 19.4 Å². The van der Waals surface area contributed by atoms with E-state index in [0.717, 1.165) is 22.3 Å². The Kier molecular flexibility index (Phi) is 5.41. The van der Waals surface area contributed by atoms with Crippen molar-refractivity contribution in [1.82, 2.24) is 5.32 Å². The molecule has 0 aromatic heterocycles. The number of hydrogen-bond donors (Lipinski definition) is 2. The van der Waals surface area contributed by atoms with Crippen molar-refractivity contribution in [1.29, 1.82) is 0 Å². The third kappa shape index (κ3) is 3.72. The summed E-state index contributed by atoms with van der Waals surface area (Å²) >= 11 is 0. The second-order valence-electron chi connectivity index (χ2n) is 7.61. The van der Waals surface area contributed by atoms with Crippen LogP contribution in [0.4, 0.5) is 4.79 Å². The Labute approximate surface area is 164 Å². The van der Waals surface area contributed by atoms with E-state index in [4.69, 9.17) is 11.2 Å². The SMILES string of the molecule is C#CCC(C)(C)[C@H](NC(=O)OCC1c2ccccc2-c2ccccc21)C(=O)O. The number of carboxylic acids is 1. The molecule has 0 spiro atoms. The van der Waals surface area contributed by atoms with Crippen molar-refractivity contribution in [2.24, 2.45) is 5.41 Å². The molecule has 2 aromatic carbocycles. The lowest BCUT2D eigenvalue weighted by atomic mass is 9.81. The third-order valence-electron chi connectivity index (χ3n) is 5.19. The molecule has 1 aliphatic rings. The average Bonchev–Trinajstić information content (AvgIpc) is 2.98. The standard InChI is InChI=1S/C23H23NO4/c1-4-13-23(2,3)20(21(25)26)24-22(27)28-14-19-17-11-7-5-9-15(17)16-10-6-8-12-18(16)19/h1,5-12,19-20H,13-14H2,2-3H3,(H,24,27)(H,25,26)/t20-/m1/s1. The molecule has 1 amide bonds. The molecule has 0 saturated carbocycles. The van der Waals surface area contributed by atoms with Gasteiger partial charge in [-0.05, 0) is 22.3 Å². The monoisotopic (exact) mass is 377 g/mol. The zero-order chi connectivity index (χ0) is 20.3. The maximum atomic E-state index is 12.3. The van der Waals surface area contributed by atoms with Gasteiger partial charge in [0.2, 0.25) is 0 Å². The smallest absolute Gasteiger partial charge is 0.407 e. The van der Waals surface area contributed by atoms with Crippen LogP contribution in [-0.4, -0.2) is 29.8 Å². The molecule has 3 rings (SSSR count). The van der Waals surface area contributed by atoms with Crippen LogP contribution in [0.25, 0.3) is 11.1 Å². The molecule has 28 heavy (non-hydrogen) atoms. The lowest BCUT2D eigenvalue weighted by molar-refractivity contribution is -0.142. The minimum absolute atomic E-state index is 0.0832. The number of fused-ring (bicyclic) bond motifs is 3. The molecule has 1 aliphatic carbocycles. The van der Waals surface area contributed by atoms with Crippen LogP contribution < -0.4 is 5.32 Å². The number of terminal acetylenes is 1. The lowest BCUT2D eigenvalue weighted by Gasteiger charge is -2.30. The number of benzene rings is 2. The summed E-state index contributed by atoms with van der Waals surface area (Å²) in [6.07, 6.45) is 4.78. The molecule has 0 aliphatic heterocycles. The number of hydrogen-bond acceptors (Lipinski definition) is 3. The van der Waals surface area contributed by atoms with E-state index < -0.39 is 23.5 Å². The number of aliphatic carboxylic acids is 1. The highest BCUT2D eigenvalue weighted by molar-refractivity contribution is 5.81. The number of carbonyl (C=O) groups excluding carboxylic acids is 1. The lowest BCUT2D eigenvalue weighted by Crippen LogP contribution is -2.50. The van der Waals surface area contributed by atoms with Crippen molar-refractivity contribution in [3.63, 3.8) is 0 Å². The fourth-order valence-corrected chi connectivity index (χ4v) is 3.71. The first kappa shape index (κ1) is 19.5. The Morgan fingerprint density at radius 3 is 2.18 bits per heavy atom. The number of alkyl carbamates (subject to hydrolysis) is 1. The van der Waals surface area contributed by atoms with Gasteiger partial charge in [-0.1, -0.05) is 62.4 Å². The maximum absolute atomic E-state index is 12.3. The van der Waals surface area contributed by atoms with Crippen LogP contribution in [0.1, 0.15) is 37.3 Å². The molecule has 1 atom stereocenters. The second kappa shape index (κ2) is 7.77. The zero-order valence-corrected chi connectivity index (χ0v) is 15.9. The van der Waals surface area contributed by atoms with Gasteiger partial charge in [-0.15, -0.1) is 12.3 Å². The fraction of sp³-hybridized carbons (Fsp3) is 0.304. The predicted octanol–water partition coefficient (Wildman–Crippen LogP) is 4.03. The van der Waals surface area contributed by atoms with Gasteiger partial charge in [0.1, 0.15) is 12.6 Å². The predicted molar refractivity (Wildman–Crippen MR) is 107 cm³/mol. The van der Waals surface area contributed by atoms with Gasteiger partial charge < -0.3 is 15.2 Å². The molecule has 0 saturated heterocycles. The van der Waals surface area contributed by atoms with E-state index in [9.17, 15) is 14.7 Å². The van der Waals surface area contributed by atoms with Gasteiger partial charge in [0.25, 0.3) is 0 Å². The highest BCUT2D eigenvalue weighted by Gasteiger charge is 2.37. The second-order valence-corrected chi connectivity index (χ2v) is 7.61. The Hall–Kier alpha value is -3.26. The van der Waals surface area contributed by atoms with E-state index >= 15 is 0 Å². The molecule has 2 N–H and O–H groups in total. The molecule has 5 heteroatoms.